The summed E-state index contributed by atoms with van der Waals surface area (Å²) < 4.78 is 10.6. The molecule has 0 amide bonds. The number of hydrogen-bond donors (Lipinski definition) is 1. The van der Waals surface area contributed by atoms with Crippen LogP contribution in [0.1, 0.15) is 21.8 Å². The van der Waals surface area contributed by atoms with Gasteiger partial charge < -0.3 is 14.3 Å². The number of pyridine rings is 1. The minimum Gasteiger partial charge on any atom is -0.486 e. The lowest BCUT2D eigenvalue weighted by atomic mass is 10.2. The van der Waals surface area contributed by atoms with Gasteiger partial charge >= 0.3 is 5.97 Å². The van der Waals surface area contributed by atoms with E-state index >= 15 is 0 Å². The lowest BCUT2D eigenvalue weighted by molar-refractivity contribution is 0.0658. The molecule has 5 heteroatoms. The van der Waals surface area contributed by atoms with Gasteiger partial charge in [-0.15, -0.1) is 0 Å². The molecule has 0 spiro atoms. The monoisotopic (exact) mass is 283 g/mol. The van der Waals surface area contributed by atoms with E-state index in [4.69, 9.17) is 14.3 Å². The van der Waals surface area contributed by atoms with Crippen LogP contribution in [-0.4, -0.2) is 16.1 Å². The highest BCUT2D eigenvalue weighted by Crippen LogP contribution is 2.25. The number of carbonyl (C=O) groups is 1. The molecular weight excluding hydrogens is 270 g/mol. The molecular formula is C16H13NO4. The average molecular weight is 283 g/mol. The molecule has 1 N–H and O–H groups in total. The molecule has 0 saturated heterocycles. The van der Waals surface area contributed by atoms with Gasteiger partial charge in [-0.2, -0.15) is 0 Å². The summed E-state index contributed by atoms with van der Waals surface area (Å²) in [6.07, 6.45) is 1.34. The van der Waals surface area contributed by atoms with Gasteiger partial charge in [0.15, 0.2) is 0 Å². The number of benzene rings is 1. The number of para-hydroxylation sites is 1. The standard InChI is InChI=1S/C16H13NO4/c1-10-5-6-11-3-2-4-13(14(11)17-10)21-9-12-7-8-20-15(12)16(18)19/h2-8H,9H2,1H3,(H,18,19). The first kappa shape index (κ1) is 13.2. The van der Waals surface area contributed by atoms with Crippen LogP contribution in [0.15, 0.2) is 47.1 Å². The van der Waals surface area contributed by atoms with Crippen molar-refractivity contribution < 1.29 is 19.1 Å². The van der Waals surface area contributed by atoms with Crippen LogP contribution >= 0.6 is 0 Å². The molecule has 2 heterocycles. The number of nitrogens with zero attached hydrogens (tertiary/aromatic N) is 1. The summed E-state index contributed by atoms with van der Waals surface area (Å²) in [5.41, 5.74) is 2.15. The zero-order valence-corrected chi connectivity index (χ0v) is 11.4. The zero-order chi connectivity index (χ0) is 14.8. The van der Waals surface area contributed by atoms with Crippen molar-refractivity contribution in [2.24, 2.45) is 0 Å². The second-order valence-corrected chi connectivity index (χ2v) is 4.65. The number of hydrogen-bond acceptors (Lipinski definition) is 4. The van der Waals surface area contributed by atoms with E-state index < -0.39 is 5.97 Å². The number of aryl methyl sites for hydroxylation is 1. The number of furan rings is 1. The summed E-state index contributed by atoms with van der Waals surface area (Å²) in [6, 6.07) is 11.1. The molecule has 21 heavy (non-hydrogen) atoms. The molecule has 2 aromatic heterocycles. The fourth-order valence-electron chi connectivity index (χ4n) is 2.13. The molecule has 0 atom stereocenters. The van der Waals surface area contributed by atoms with Gasteiger partial charge in [0.05, 0.1) is 6.26 Å². The van der Waals surface area contributed by atoms with Crippen molar-refractivity contribution in [3.05, 3.63) is 59.7 Å². The minimum atomic E-state index is -1.11. The first-order valence-electron chi connectivity index (χ1n) is 6.44. The van der Waals surface area contributed by atoms with Gasteiger partial charge in [-0.3, -0.25) is 0 Å². The Hall–Kier alpha value is -2.82. The molecule has 3 rings (SSSR count). The molecule has 5 nitrogen and oxygen atoms in total. The van der Waals surface area contributed by atoms with E-state index in [1.165, 1.54) is 6.26 Å². The van der Waals surface area contributed by atoms with Gasteiger partial charge in [0.25, 0.3) is 0 Å². The van der Waals surface area contributed by atoms with Gasteiger partial charge in [-0.1, -0.05) is 18.2 Å². The van der Waals surface area contributed by atoms with Crippen molar-refractivity contribution >= 4 is 16.9 Å². The highest BCUT2D eigenvalue weighted by molar-refractivity contribution is 5.86. The minimum absolute atomic E-state index is 0.0978. The summed E-state index contributed by atoms with van der Waals surface area (Å²) in [6.45, 7) is 2.03. The van der Waals surface area contributed by atoms with Gasteiger partial charge in [0.2, 0.25) is 5.76 Å². The average Bonchev–Trinajstić information content (AvgIpc) is 2.93. The lowest BCUT2D eigenvalue weighted by Gasteiger charge is -2.08. The van der Waals surface area contributed by atoms with Gasteiger partial charge in [0.1, 0.15) is 17.9 Å². The van der Waals surface area contributed by atoms with Crippen LogP contribution in [0.3, 0.4) is 0 Å². The maximum absolute atomic E-state index is 11.0. The summed E-state index contributed by atoms with van der Waals surface area (Å²) in [4.78, 5) is 15.5. The number of ether oxygens (including phenoxy) is 1. The van der Waals surface area contributed by atoms with Crippen molar-refractivity contribution in [1.29, 1.82) is 0 Å². The summed E-state index contributed by atoms with van der Waals surface area (Å²) in [5.74, 6) is -0.585. The van der Waals surface area contributed by atoms with E-state index in [0.717, 1.165) is 16.6 Å². The van der Waals surface area contributed by atoms with Gasteiger partial charge in [-0.25, -0.2) is 9.78 Å². The molecule has 0 saturated carbocycles. The molecule has 0 fully saturated rings. The highest BCUT2D eigenvalue weighted by atomic mass is 16.5. The van der Waals surface area contributed by atoms with Crippen LogP contribution in [0, 0.1) is 6.92 Å². The second kappa shape index (κ2) is 5.28. The van der Waals surface area contributed by atoms with E-state index in [9.17, 15) is 4.79 Å². The Labute approximate surface area is 120 Å². The molecule has 3 aromatic rings. The Kier molecular flexibility index (Phi) is 3.31. The Morgan fingerprint density at radius 3 is 2.95 bits per heavy atom. The molecule has 0 unspecified atom stereocenters. The van der Waals surface area contributed by atoms with Crippen molar-refractivity contribution in [2.75, 3.05) is 0 Å². The van der Waals surface area contributed by atoms with E-state index in [1.807, 2.05) is 37.3 Å². The number of carboxylic acids is 1. The zero-order valence-electron chi connectivity index (χ0n) is 11.4. The molecule has 106 valence electrons. The largest absolute Gasteiger partial charge is 0.486 e. The van der Waals surface area contributed by atoms with Crippen molar-refractivity contribution in [3.63, 3.8) is 0 Å². The summed E-state index contributed by atoms with van der Waals surface area (Å²) in [7, 11) is 0. The van der Waals surface area contributed by atoms with Crippen LogP contribution in [-0.2, 0) is 6.61 Å². The van der Waals surface area contributed by atoms with E-state index in [2.05, 4.69) is 4.98 Å². The maximum atomic E-state index is 11.0. The first-order valence-corrected chi connectivity index (χ1v) is 6.44. The van der Waals surface area contributed by atoms with E-state index in [-0.39, 0.29) is 12.4 Å². The second-order valence-electron chi connectivity index (χ2n) is 4.65. The highest BCUT2D eigenvalue weighted by Gasteiger charge is 2.14. The van der Waals surface area contributed by atoms with E-state index in [0.29, 0.717) is 11.3 Å². The van der Waals surface area contributed by atoms with Crippen LogP contribution in [0.5, 0.6) is 5.75 Å². The van der Waals surface area contributed by atoms with Crippen LogP contribution < -0.4 is 4.74 Å². The Bertz CT molecular complexity index is 807. The maximum Gasteiger partial charge on any atom is 0.372 e. The molecule has 1 aromatic carbocycles. The van der Waals surface area contributed by atoms with Crippen LogP contribution in [0.2, 0.25) is 0 Å². The molecule has 0 radical (unpaired) electrons. The number of carboxylic acid groups (broad SMARTS) is 1. The molecule has 0 bridgehead atoms. The third-order valence-electron chi connectivity index (χ3n) is 3.15. The smallest absolute Gasteiger partial charge is 0.372 e. The summed E-state index contributed by atoms with van der Waals surface area (Å²) >= 11 is 0. The molecule has 0 aliphatic rings. The first-order chi connectivity index (χ1) is 10.1. The number of aromatic carboxylic acids is 1. The summed E-state index contributed by atoms with van der Waals surface area (Å²) in [5, 5.41) is 9.97. The SMILES string of the molecule is Cc1ccc2cccc(OCc3ccoc3C(=O)O)c2n1. The van der Waals surface area contributed by atoms with Crippen LogP contribution in [0.25, 0.3) is 10.9 Å². The van der Waals surface area contributed by atoms with Crippen molar-refractivity contribution in [1.82, 2.24) is 4.98 Å². The lowest BCUT2D eigenvalue weighted by Crippen LogP contribution is -2.03. The van der Waals surface area contributed by atoms with E-state index in [1.54, 1.807) is 6.07 Å². The number of fused-ring (bicyclic) bond motifs is 1. The Balaban J connectivity index is 1.90. The quantitative estimate of drug-likeness (QED) is 0.794. The normalized spacial score (nSPS) is 10.7. The fraction of sp³-hybridized carbons (Fsp3) is 0.125. The van der Waals surface area contributed by atoms with Crippen LogP contribution in [0.4, 0.5) is 0 Å². The van der Waals surface area contributed by atoms with Gasteiger partial charge in [0, 0.05) is 16.6 Å². The number of aromatic nitrogens is 1. The topological polar surface area (TPSA) is 72.6 Å². The van der Waals surface area contributed by atoms with Gasteiger partial charge in [-0.05, 0) is 25.1 Å². The predicted octanol–water partition coefficient (Wildman–Crippen LogP) is 3.41. The predicted molar refractivity (Wildman–Crippen MR) is 76.5 cm³/mol. The number of rotatable bonds is 4. The molecule has 0 aliphatic heterocycles. The Morgan fingerprint density at radius 2 is 2.14 bits per heavy atom. The molecule has 0 aliphatic carbocycles. The third kappa shape index (κ3) is 2.58. The Morgan fingerprint density at radius 1 is 1.29 bits per heavy atom. The van der Waals surface area contributed by atoms with Crippen molar-refractivity contribution in [3.8, 4) is 5.75 Å². The van der Waals surface area contributed by atoms with Crippen molar-refractivity contribution in [2.45, 2.75) is 13.5 Å². The fourth-order valence-corrected chi connectivity index (χ4v) is 2.13. The third-order valence-corrected chi connectivity index (χ3v) is 3.15.